The highest BCUT2D eigenvalue weighted by atomic mass is 35.5. The Morgan fingerprint density at radius 3 is 2.80 bits per heavy atom. The highest BCUT2D eigenvalue weighted by molar-refractivity contribution is 7.98. The normalized spacial score (nSPS) is 12.8. The quantitative estimate of drug-likeness (QED) is 0.800. The number of hydrogen-bond acceptors (Lipinski definition) is 2. The Morgan fingerprint density at radius 2 is 2.20 bits per heavy atom. The molecule has 15 heavy (non-hydrogen) atoms. The van der Waals surface area contributed by atoms with Crippen molar-refractivity contribution in [3.8, 4) is 0 Å². The molecular weight excluding hydrogens is 226 g/mol. The lowest BCUT2D eigenvalue weighted by Crippen LogP contribution is -2.15. The fourth-order valence-electron chi connectivity index (χ4n) is 1.26. The monoisotopic (exact) mass is 243 g/mol. The molecule has 0 aliphatic heterocycles. The van der Waals surface area contributed by atoms with Gasteiger partial charge in [-0.3, -0.25) is 0 Å². The van der Waals surface area contributed by atoms with Crippen LogP contribution in [0.2, 0.25) is 5.02 Å². The van der Waals surface area contributed by atoms with Crippen LogP contribution in [0.5, 0.6) is 0 Å². The molecule has 0 radical (unpaired) electrons. The van der Waals surface area contributed by atoms with E-state index in [1.54, 1.807) is 0 Å². The third-order valence-corrected chi connectivity index (χ3v) is 3.69. The van der Waals surface area contributed by atoms with Crippen LogP contribution in [-0.2, 0) is 5.75 Å². The van der Waals surface area contributed by atoms with E-state index in [1.165, 1.54) is 5.56 Å². The molecule has 3 heteroatoms. The number of nitrogens with two attached hydrogens (primary N) is 1. The molecule has 1 rings (SSSR count). The summed E-state index contributed by atoms with van der Waals surface area (Å²) < 4.78 is 0. The molecule has 0 aromatic heterocycles. The van der Waals surface area contributed by atoms with Gasteiger partial charge in [-0.2, -0.15) is 11.8 Å². The Bertz CT molecular complexity index is 312. The lowest BCUT2D eigenvalue weighted by atomic mass is 10.2. The fraction of sp³-hybridized carbons (Fsp3) is 0.500. The van der Waals surface area contributed by atoms with Crippen molar-refractivity contribution < 1.29 is 0 Å². The Hall–Kier alpha value is -0.180. The molecule has 84 valence electrons. The van der Waals surface area contributed by atoms with Crippen molar-refractivity contribution in [1.82, 2.24) is 0 Å². The average molecular weight is 244 g/mol. The van der Waals surface area contributed by atoms with Gasteiger partial charge in [0.25, 0.3) is 0 Å². The van der Waals surface area contributed by atoms with Crippen LogP contribution in [-0.4, -0.2) is 11.8 Å². The zero-order valence-electron chi connectivity index (χ0n) is 9.29. The van der Waals surface area contributed by atoms with E-state index in [9.17, 15) is 0 Å². The van der Waals surface area contributed by atoms with E-state index in [0.29, 0.717) is 6.04 Å². The lowest BCUT2D eigenvalue weighted by molar-refractivity contribution is 0.721. The van der Waals surface area contributed by atoms with E-state index in [0.717, 1.165) is 28.5 Å². The lowest BCUT2D eigenvalue weighted by Gasteiger charge is -2.06. The first-order chi connectivity index (χ1) is 7.09. The predicted molar refractivity (Wildman–Crippen MR) is 70.6 cm³/mol. The summed E-state index contributed by atoms with van der Waals surface area (Å²) in [5, 5.41) is 0.847. The van der Waals surface area contributed by atoms with Crippen LogP contribution in [0, 0.1) is 6.92 Å². The van der Waals surface area contributed by atoms with Gasteiger partial charge in [0.15, 0.2) is 0 Å². The Labute approximate surface area is 101 Å². The number of halogens is 1. The third kappa shape index (κ3) is 4.92. The second-order valence-corrected chi connectivity index (χ2v) is 5.41. The van der Waals surface area contributed by atoms with E-state index < -0.39 is 0 Å². The van der Waals surface area contributed by atoms with Crippen LogP contribution >= 0.6 is 23.4 Å². The van der Waals surface area contributed by atoms with E-state index in [4.69, 9.17) is 17.3 Å². The van der Waals surface area contributed by atoms with Gasteiger partial charge in [-0.05, 0) is 43.2 Å². The van der Waals surface area contributed by atoms with Crippen LogP contribution in [0.1, 0.15) is 24.5 Å². The van der Waals surface area contributed by atoms with Gasteiger partial charge in [0.05, 0.1) is 0 Å². The zero-order valence-corrected chi connectivity index (χ0v) is 10.9. The Balaban J connectivity index is 2.35. The number of benzene rings is 1. The van der Waals surface area contributed by atoms with E-state index in [1.807, 2.05) is 31.7 Å². The van der Waals surface area contributed by atoms with Crippen molar-refractivity contribution in [2.75, 3.05) is 5.75 Å². The molecule has 1 unspecified atom stereocenters. The van der Waals surface area contributed by atoms with E-state index in [2.05, 4.69) is 12.1 Å². The average Bonchev–Trinajstić information content (AvgIpc) is 2.18. The summed E-state index contributed by atoms with van der Waals surface area (Å²) in [6.07, 6.45) is 1.08. The zero-order chi connectivity index (χ0) is 11.3. The maximum absolute atomic E-state index is 5.96. The minimum atomic E-state index is 0.310. The largest absolute Gasteiger partial charge is 0.328 e. The topological polar surface area (TPSA) is 26.0 Å². The van der Waals surface area contributed by atoms with Crippen LogP contribution in [0.4, 0.5) is 0 Å². The van der Waals surface area contributed by atoms with Crippen molar-refractivity contribution >= 4 is 23.4 Å². The maximum Gasteiger partial charge on any atom is 0.0435 e. The maximum atomic E-state index is 5.96. The van der Waals surface area contributed by atoms with Gasteiger partial charge in [-0.25, -0.2) is 0 Å². The molecule has 2 N–H and O–H groups in total. The predicted octanol–water partition coefficient (Wildman–Crippen LogP) is 3.62. The van der Waals surface area contributed by atoms with Gasteiger partial charge in [0, 0.05) is 16.8 Å². The van der Waals surface area contributed by atoms with Crippen molar-refractivity contribution in [2.45, 2.75) is 32.1 Å². The highest BCUT2D eigenvalue weighted by Gasteiger charge is 1.99. The summed E-state index contributed by atoms with van der Waals surface area (Å²) in [5.74, 6) is 2.17. The molecule has 0 fully saturated rings. The van der Waals surface area contributed by atoms with Crippen molar-refractivity contribution in [3.63, 3.8) is 0 Å². The van der Waals surface area contributed by atoms with Crippen LogP contribution in [0.15, 0.2) is 18.2 Å². The van der Waals surface area contributed by atoms with Crippen molar-refractivity contribution in [3.05, 3.63) is 34.3 Å². The standard InChI is InChI=1S/C12H18ClNS/c1-9-7-11(3-4-12(9)13)8-15-6-5-10(2)14/h3-4,7,10H,5-6,8,14H2,1-2H3. The summed E-state index contributed by atoms with van der Waals surface area (Å²) >= 11 is 7.89. The van der Waals surface area contributed by atoms with Crippen molar-refractivity contribution in [2.24, 2.45) is 5.73 Å². The second-order valence-electron chi connectivity index (χ2n) is 3.90. The van der Waals surface area contributed by atoms with E-state index >= 15 is 0 Å². The first-order valence-corrected chi connectivity index (χ1v) is 6.71. The molecule has 1 aromatic rings. The molecule has 1 nitrogen and oxygen atoms in total. The number of aryl methyl sites for hydroxylation is 1. The summed E-state index contributed by atoms with van der Waals surface area (Å²) in [6, 6.07) is 6.53. The minimum absolute atomic E-state index is 0.310. The minimum Gasteiger partial charge on any atom is -0.328 e. The number of hydrogen-bond donors (Lipinski definition) is 1. The fourth-order valence-corrected chi connectivity index (χ4v) is 2.47. The summed E-state index contributed by atoms with van der Waals surface area (Å²) in [4.78, 5) is 0. The summed E-state index contributed by atoms with van der Waals surface area (Å²) in [7, 11) is 0. The highest BCUT2D eigenvalue weighted by Crippen LogP contribution is 2.20. The van der Waals surface area contributed by atoms with Crippen LogP contribution in [0.25, 0.3) is 0 Å². The molecule has 0 aliphatic rings. The molecule has 0 heterocycles. The number of rotatable bonds is 5. The van der Waals surface area contributed by atoms with Gasteiger partial charge in [0.2, 0.25) is 0 Å². The van der Waals surface area contributed by atoms with Gasteiger partial charge in [-0.1, -0.05) is 23.7 Å². The van der Waals surface area contributed by atoms with Gasteiger partial charge >= 0.3 is 0 Å². The Kier molecular flexibility index (Phi) is 5.51. The SMILES string of the molecule is Cc1cc(CSCCC(C)N)ccc1Cl. The summed E-state index contributed by atoms with van der Waals surface area (Å²) in [5.41, 5.74) is 8.18. The van der Waals surface area contributed by atoms with Gasteiger partial charge in [-0.15, -0.1) is 0 Å². The van der Waals surface area contributed by atoms with Gasteiger partial charge in [0.1, 0.15) is 0 Å². The molecule has 0 aliphatic carbocycles. The van der Waals surface area contributed by atoms with Crippen LogP contribution in [0.3, 0.4) is 0 Å². The molecule has 0 bridgehead atoms. The molecule has 0 saturated heterocycles. The van der Waals surface area contributed by atoms with E-state index in [-0.39, 0.29) is 0 Å². The number of thioether (sulfide) groups is 1. The molecule has 1 aromatic carbocycles. The molecule has 0 spiro atoms. The van der Waals surface area contributed by atoms with Gasteiger partial charge < -0.3 is 5.73 Å². The summed E-state index contributed by atoms with van der Waals surface area (Å²) in [6.45, 7) is 4.09. The first-order valence-electron chi connectivity index (χ1n) is 5.18. The van der Waals surface area contributed by atoms with Crippen LogP contribution < -0.4 is 5.73 Å². The molecule has 0 amide bonds. The Morgan fingerprint density at radius 1 is 1.47 bits per heavy atom. The molecular formula is C12H18ClNS. The second kappa shape index (κ2) is 6.41. The molecule has 1 atom stereocenters. The van der Waals surface area contributed by atoms with Crippen molar-refractivity contribution in [1.29, 1.82) is 0 Å². The third-order valence-electron chi connectivity index (χ3n) is 2.21. The smallest absolute Gasteiger partial charge is 0.0435 e. The molecule has 0 saturated carbocycles. The first kappa shape index (κ1) is 12.9.